The molecule has 1 aliphatic rings. The largest absolute Gasteiger partial charge is 0.493 e. The minimum absolute atomic E-state index is 0.0929. The van der Waals surface area contributed by atoms with E-state index in [1.165, 1.54) is 0 Å². The molecule has 0 aromatic heterocycles. The van der Waals surface area contributed by atoms with Gasteiger partial charge >= 0.3 is 0 Å². The molecule has 1 saturated heterocycles. The molecule has 0 spiro atoms. The number of benzene rings is 1. The predicted octanol–water partition coefficient (Wildman–Crippen LogP) is 2.23. The third-order valence-electron chi connectivity index (χ3n) is 2.86. The first-order valence-corrected chi connectivity index (χ1v) is 6.21. The maximum absolute atomic E-state index is 5.77. The molecule has 1 fully saturated rings. The van der Waals surface area contributed by atoms with Crippen LogP contribution in [-0.4, -0.2) is 39.3 Å². The Kier molecular flexibility index (Phi) is 4.17. The molecule has 1 aliphatic heterocycles. The third kappa shape index (κ3) is 3.30. The van der Waals surface area contributed by atoms with Gasteiger partial charge in [-0.15, -0.1) is 0 Å². The van der Waals surface area contributed by atoms with Crippen molar-refractivity contribution in [2.75, 3.05) is 27.4 Å². The second-order valence-electron chi connectivity index (χ2n) is 4.75. The first-order chi connectivity index (χ1) is 9.05. The molecule has 0 radical (unpaired) electrons. The molecule has 0 bridgehead atoms. The smallest absolute Gasteiger partial charge is 0.203 e. The van der Waals surface area contributed by atoms with Crippen molar-refractivity contribution < 1.29 is 23.7 Å². The van der Waals surface area contributed by atoms with E-state index in [0.717, 1.165) is 0 Å². The Morgan fingerprint density at radius 3 is 2.32 bits per heavy atom. The third-order valence-corrected chi connectivity index (χ3v) is 2.86. The van der Waals surface area contributed by atoms with Crippen LogP contribution in [0.4, 0.5) is 0 Å². The zero-order chi connectivity index (χ0) is 13.9. The minimum atomic E-state index is -0.543. The molecule has 1 aromatic rings. The summed E-state index contributed by atoms with van der Waals surface area (Å²) in [6, 6.07) is 5.50. The Bertz CT molecular complexity index is 408. The summed E-state index contributed by atoms with van der Waals surface area (Å²) in [6.07, 6.45) is -0.0929. The Labute approximate surface area is 113 Å². The van der Waals surface area contributed by atoms with Gasteiger partial charge in [0.05, 0.1) is 20.8 Å². The molecule has 0 aliphatic carbocycles. The molecule has 1 heterocycles. The van der Waals surface area contributed by atoms with Crippen LogP contribution in [0.15, 0.2) is 18.2 Å². The van der Waals surface area contributed by atoms with E-state index in [2.05, 4.69) is 0 Å². The fourth-order valence-corrected chi connectivity index (χ4v) is 1.98. The molecule has 1 aromatic carbocycles. The number of ether oxygens (including phenoxy) is 5. The molecule has 0 N–H and O–H groups in total. The number of rotatable bonds is 5. The highest BCUT2D eigenvalue weighted by Crippen LogP contribution is 2.37. The highest BCUT2D eigenvalue weighted by Gasteiger charge is 2.33. The lowest BCUT2D eigenvalue weighted by atomic mass is 10.3. The fraction of sp³-hybridized carbons (Fsp3) is 0.571. The molecule has 1 atom stereocenters. The molecule has 106 valence electrons. The van der Waals surface area contributed by atoms with E-state index in [1.807, 2.05) is 32.0 Å². The van der Waals surface area contributed by atoms with Gasteiger partial charge in [0.2, 0.25) is 5.75 Å². The van der Waals surface area contributed by atoms with Crippen LogP contribution in [0.25, 0.3) is 0 Å². The molecule has 0 amide bonds. The van der Waals surface area contributed by atoms with Gasteiger partial charge in [-0.2, -0.15) is 0 Å². The Hall–Kier alpha value is -1.46. The van der Waals surface area contributed by atoms with E-state index >= 15 is 0 Å². The van der Waals surface area contributed by atoms with Crippen molar-refractivity contribution in [3.05, 3.63) is 18.2 Å². The number of hydrogen-bond acceptors (Lipinski definition) is 5. The van der Waals surface area contributed by atoms with Crippen LogP contribution < -0.4 is 14.2 Å². The highest BCUT2D eigenvalue weighted by molar-refractivity contribution is 5.51. The molecule has 1 unspecified atom stereocenters. The summed E-state index contributed by atoms with van der Waals surface area (Å²) >= 11 is 0. The molecule has 5 nitrogen and oxygen atoms in total. The van der Waals surface area contributed by atoms with E-state index in [1.54, 1.807) is 14.2 Å². The van der Waals surface area contributed by atoms with Gasteiger partial charge in [0.25, 0.3) is 0 Å². The van der Waals surface area contributed by atoms with Crippen molar-refractivity contribution in [2.24, 2.45) is 0 Å². The van der Waals surface area contributed by atoms with Crippen molar-refractivity contribution in [3.8, 4) is 17.2 Å². The summed E-state index contributed by atoms with van der Waals surface area (Å²) in [5.74, 6) is 1.31. The van der Waals surface area contributed by atoms with Crippen LogP contribution in [0.1, 0.15) is 13.8 Å². The van der Waals surface area contributed by atoms with Gasteiger partial charge in [-0.3, -0.25) is 0 Å². The fourth-order valence-electron chi connectivity index (χ4n) is 1.98. The van der Waals surface area contributed by atoms with Gasteiger partial charge < -0.3 is 23.7 Å². The summed E-state index contributed by atoms with van der Waals surface area (Å²) < 4.78 is 27.5. The van der Waals surface area contributed by atoms with Crippen molar-refractivity contribution in [1.82, 2.24) is 0 Å². The van der Waals surface area contributed by atoms with Crippen LogP contribution in [0, 0.1) is 0 Å². The van der Waals surface area contributed by atoms with Crippen molar-refractivity contribution in [3.63, 3.8) is 0 Å². The van der Waals surface area contributed by atoms with Crippen LogP contribution in [0.3, 0.4) is 0 Å². The molecule has 0 saturated carbocycles. The summed E-state index contributed by atoms with van der Waals surface area (Å²) in [7, 11) is 3.19. The van der Waals surface area contributed by atoms with Crippen molar-refractivity contribution >= 4 is 0 Å². The second-order valence-corrected chi connectivity index (χ2v) is 4.75. The topological polar surface area (TPSA) is 46.2 Å². The predicted molar refractivity (Wildman–Crippen MR) is 69.9 cm³/mol. The number of para-hydroxylation sites is 1. The second kappa shape index (κ2) is 5.67. The lowest BCUT2D eigenvalue weighted by Crippen LogP contribution is -2.25. The summed E-state index contributed by atoms with van der Waals surface area (Å²) in [6.45, 7) is 4.68. The van der Waals surface area contributed by atoms with Gasteiger partial charge in [-0.25, -0.2) is 0 Å². The molecular formula is C14H20O5. The van der Waals surface area contributed by atoms with Gasteiger partial charge in [0.1, 0.15) is 12.7 Å². The maximum Gasteiger partial charge on any atom is 0.203 e. The molecule has 19 heavy (non-hydrogen) atoms. The van der Waals surface area contributed by atoms with Crippen LogP contribution >= 0.6 is 0 Å². The van der Waals surface area contributed by atoms with Crippen LogP contribution in [0.5, 0.6) is 17.2 Å². The average Bonchev–Trinajstić information content (AvgIpc) is 2.75. The normalized spacial score (nSPS) is 21.2. The molecule has 2 rings (SSSR count). The minimum Gasteiger partial charge on any atom is -0.493 e. The first-order valence-electron chi connectivity index (χ1n) is 6.21. The SMILES string of the molecule is COc1cccc(OC)c1OCC1COC(C)(C)O1. The quantitative estimate of drug-likeness (QED) is 0.819. The Morgan fingerprint density at radius 1 is 1.21 bits per heavy atom. The van der Waals surface area contributed by atoms with Crippen LogP contribution in [0.2, 0.25) is 0 Å². The van der Waals surface area contributed by atoms with Gasteiger partial charge in [-0.1, -0.05) is 6.07 Å². The van der Waals surface area contributed by atoms with E-state index in [-0.39, 0.29) is 6.10 Å². The van der Waals surface area contributed by atoms with Gasteiger partial charge in [-0.05, 0) is 26.0 Å². The lowest BCUT2D eigenvalue weighted by molar-refractivity contribution is -0.141. The highest BCUT2D eigenvalue weighted by atomic mass is 16.7. The summed E-state index contributed by atoms with van der Waals surface area (Å²) in [4.78, 5) is 0. The van der Waals surface area contributed by atoms with Crippen molar-refractivity contribution in [1.29, 1.82) is 0 Å². The van der Waals surface area contributed by atoms with E-state index < -0.39 is 5.79 Å². The Balaban J connectivity index is 2.03. The zero-order valence-corrected chi connectivity index (χ0v) is 11.8. The van der Waals surface area contributed by atoms with Crippen molar-refractivity contribution in [2.45, 2.75) is 25.7 Å². The maximum atomic E-state index is 5.77. The molecule has 5 heteroatoms. The lowest BCUT2D eigenvalue weighted by Gasteiger charge is -2.18. The first kappa shape index (κ1) is 14.0. The summed E-state index contributed by atoms with van der Waals surface area (Å²) in [5, 5.41) is 0. The number of hydrogen-bond donors (Lipinski definition) is 0. The van der Waals surface area contributed by atoms with Gasteiger partial charge in [0, 0.05) is 0 Å². The van der Waals surface area contributed by atoms with Gasteiger partial charge in [0.15, 0.2) is 17.3 Å². The average molecular weight is 268 g/mol. The Morgan fingerprint density at radius 2 is 1.84 bits per heavy atom. The van der Waals surface area contributed by atoms with E-state index in [0.29, 0.717) is 30.5 Å². The van der Waals surface area contributed by atoms with Crippen LogP contribution in [-0.2, 0) is 9.47 Å². The van der Waals surface area contributed by atoms with E-state index in [9.17, 15) is 0 Å². The van der Waals surface area contributed by atoms with E-state index in [4.69, 9.17) is 23.7 Å². The standard InChI is InChI=1S/C14H20O5/c1-14(2)18-9-10(19-14)8-17-13-11(15-3)6-5-7-12(13)16-4/h5-7,10H,8-9H2,1-4H3. The number of methoxy groups -OCH3 is 2. The summed E-state index contributed by atoms with van der Waals surface area (Å²) in [5.41, 5.74) is 0. The molecular weight excluding hydrogens is 248 g/mol. The monoisotopic (exact) mass is 268 g/mol. The zero-order valence-electron chi connectivity index (χ0n) is 11.8.